The molecule has 0 spiro atoms. The summed E-state index contributed by atoms with van der Waals surface area (Å²) in [6.45, 7) is 0.267. The summed E-state index contributed by atoms with van der Waals surface area (Å²) in [5, 5.41) is 13.5. The first kappa shape index (κ1) is 13.0. The predicted octanol–water partition coefficient (Wildman–Crippen LogP) is 2.03. The van der Waals surface area contributed by atoms with Crippen molar-refractivity contribution in [3.05, 3.63) is 32.8 Å². The third kappa shape index (κ3) is 2.37. The second-order valence-corrected chi connectivity index (χ2v) is 5.27. The van der Waals surface area contributed by atoms with Gasteiger partial charge in [-0.3, -0.25) is 14.9 Å². The molecule has 0 saturated heterocycles. The molecule has 0 unspecified atom stereocenters. The minimum Gasteiger partial charge on any atom is -0.329 e. The van der Waals surface area contributed by atoms with E-state index in [0.717, 1.165) is 12.8 Å². The highest BCUT2D eigenvalue weighted by Crippen LogP contribution is 2.45. The number of nitro benzene ring substituents is 1. The largest absolute Gasteiger partial charge is 0.329 e. The van der Waals surface area contributed by atoms with E-state index < -0.39 is 10.3 Å². The summed E-state index contributed by atoms with van der Waals surface area (Å²) in [6, 6.07) is 4.51. The summed E-state index contributed by atoms with van der Waals surface area (Å²) < 4.78 is 0.590. The Hall–Kier alpha value is -1.47. The van der Waals surface area contributed by atoms with Crippen LogP contribution >= 0.6 is 15.9 Å². The second kappa shape index (κ2) is 4.66. The van der Waals surface area contributed by atoms with Gasteiger partial charge in [0, 0.05) is 17.1 Å². The Labute approximate surface area is 112 Å². The number of nitro groups is 1. The third-order valence-corrected chi connectivity index (χ3v) is 3.62. The Balaban J connectivity index is 2.24. The van der Waals surface area contributed by atoms with E-state index in [9.17, 15) is 14.9 Å². The summed E-state index contributed by atoms with van der Waals surface area (Å²) >= 11 is 3.16. The van der Waals surface area contributed by atoms with Crippen LogP contribution in [0.2, 0.25) is 0 Å². The van der Waals surface area contributed by atoms with Gasteiger partial charge in [-0.05, 0) is 25.0 Å². The normalized spacial score (nSPS) is 16.1. The van der Waals surface area contributed by atoms with E-state index in [1.807, 2.05) is 0 Å². The van der Waals surface area contributed by atoms with Gasteiger partial charge in [0.05, 0.1) is 10.3 Å². The van der Waals surface area contributed by atoms with Crippen LogP contribution in [0.25, 0.3) is 0 Å². The fourth-order valence-electron chi connectivity index (χ4n) is 1.69. The van der Waals surface area contributed by atoms with Gasteiger partial charge < -0.3 is 11.1 Å². The molecule has 0 radical (unpaired) electrons. The van der Waals surface area contributed by atoms with E-state index in [-0.39, 0.29) is 23.8 Å². The SMILES string of the molecule is NCC1(C(=O)Nc2ccc(Br)cc2[N+](=O)[O-])CC1. The molecule has 7 heteroatoms. The summed E-state index contributed by atoms with van der Waals surface area (Å²) in [5.74, 6) is -0.240. The van der Waals surface area contributed by atoms with Crippen LogP contribution in [0.3, 0.4) is 0 Å². The van der Waals surface area contributed by atoms with Gasteiger partial charge >= 0.3 is 0 Å². The number of nitrogens with zero attached hydrogens (tertiary/aromatic N) is 1. The highest BCUT2D eigenvalue weighted by molar-refractivity contribution is 9.10. The Morgan fingerprint density at radius 1 is 1.56 bits per heavy atom. The molecule has 1 saturated carbocycles. The lowest BCUT2D eigenvalue weighted by Gasteiger charge is -2.12. The number of carbonyl (C=O) groups is 1. The molecule has 0 aliphatic heterocycles. The number of carbonyl (C=O) groups excluding carboxylic acids is 1. The molecule has 1 fully saturated rings. The number of halogens is 1. The molecule has 0 bridgehead atoms. The smallest absolute Gasteiger partial charge is 0.293 e. The number of nitrogens with two attached hydrogens (primary N) is 1. The molecule has 18 heavy (non-hydrogen) atoms. The van der Waals surface area contributed by atoms with Crippen molar-refractivity contribution in [2.75, 3.05) is 11.9 Å². The maximum absolute atomic E-state index is 12.0. The molecule has 96 valence electrons. The maximum atomic E-state index is 12.0. The van der Waals surface area contributed by atoms with E-state index in [2.05, 4.69) is 21.2 Å². The number of hydrogen-bond donors (Lipinski definition) is 2. The lowest BCUT2D eigenvalue weighted by molar-refractivity contribution is -0.384. The first-order chi connectivity index (χ1) is 8.48. The van der Waals surface area contributed by atoms with Crippen LogP contribution in [-0.4, -0.2) is 17.4 Å². The lowest BCUT2D eigenvalue weighted by Crippen LogP contribution is -2.31. The van der Waals surface area contributed by atoms with E-state index >= 15 is 0 Å². The second-order valence-electron chi connectivity index (χ2n) is 4.36. The van der Waals surface area contributed by atoms with Crippen molar-refractivity contribution in [3.8, 4) is 0 Å². The zero-order valence-corrected chi connectivity index (χ0v) is 11.1. The van der Waals surface area contributed by atoms with Gasteiger partial charge in [0.15, 0.2) is 0 Å². The lowest BCUT2D eigenvalue weighted by atomic mass is 10.1. The van der Waals surface area contributed by atoms with Gasteiger partial charge in [-0.15, -0.1) is 0 Å². The van der Waals surface area contributed by atoms with Crippen molar-refractivity contribution in [2.24, 2.45) is 11.1 Å². The molecule has 6 nitrogen and oxygen atoms in total. The van der Waals surface area contributed by atoms with Gasteiger partial charge in [-0.25, -0.2) is 0 Å². The Morgan fingerprint density at radius 3 is 2.72 bits per heavy atom. The fraction of sp³-hybridized carbons (Fsp3) is 0.364. The summed E-state index contributed by atoms with van der Waals surface area (Å²) in [5.41, 5.74) is 5.08. The third-order valence-electron chi connectivity index (χ3n) is 3.13. The fourth-order valence-corrected chi connectivity index (χ4v) is 2.04. The molecular weight excluding hydrogens is 302 g/mol. The zero-order chi connectivity index (χ0) is 13.3. The van der Waals surface area contributed by atoms with Gasteiger partial charge in [0.25, 0.3) is 5.69 Å². The van der Waals surface area contributed by atoms with Crippen molar-refractivity contribution < 1.29 is 9.72 Å². The van der Waals surface area contributed by atoms with Gasteiger partial charge in [-0.1, -0.05) is 15.9 Å². The summed E-state index contributed by atoms with van der Waals surface area (Å²) in [6.07, 6.45) is 1.47. The quantitative estimate of drug-likeness (QED) is 0.656. The van der Waals surface area contributed by atoms with Crippen LogP contribution in [0.1, 0.15) is 12.8 Å². The van der Waals surface area contributed by atoms with Crippen LogP contribution in [0.15, 0.2) is 22.7 Å². The van der Waals surface area contributed by atoms with Crippen LogP contribution in [0, 0.1) is 15.5 Å². The zero-order valence-electron chi connectivity index (χ0n) is 9.48. The molecule has 0 atom stereocenters. The minimum atomic E-state index is -0.527. The Morgan fingerprint density at radius 2 is 2.22 bits per heavy atom. The van der Waals surface area contributed by atoms with Crippen molar-refractivity contribution >= 4 is 33.2 Å². The molecule has 2 rings (SSSR count). The highest BCUT2D eigenvalue weighted by atomic mass is 79.9. The van der Waals surface area contributed by atoms with Crippen LogP contribution in [-0.2, 0) is 4.79 Å². The minimum absolute atomic E-state index is 0.134. The average Bonchev–Trinajstić information content (AvgIpc) is 3.12. The molecule has 1 aliphatic carbocycles. The molecular formula is C11H12BrN3O3. The van der Waals surface area contributed by atoms with Crippen LogP contribution < -0.4 is 11.1 Å². The van der Waals surface area contributed by atoms with E-state index in [1.54, 1.807) is 6.07 Å². The van der Waals surface area contributed by atoms with Gasteiger partial charge in [0.2, 0.25) is 5.91 Å². The van der Waals surface area contributed by atoms with Gasteiger partial charge in [-0.2, -0.15) is 0 Å². The average molecular weight is 314 g/mol. The molecule has 3 N–H and O–H groups in total. The van der Waals surface area contributed by atoms with E-state index in [4.69, 9.17) is 5.73 Å². The number of benzene rings is 1. The molecule has 1 aromatic rings. The van der Waals surface area contributed by atoms with Gasteiger partial charge in [0.1, 0.15) is 5.69 Å². The van der Waals surface area contributed by atoms with Crippen LogP contribution in [0.5, 0.6) is 0 Å². The van der Waals surface area contributed by atoms with E-state index in [0.29, 0.717) is 4.47 Å². The van der Waals surface area contributed by atoms with Crippen molar-refractivity contribution in [3.63, 3.8) is 0 Å². The molecule has 0 heterocycles. The Kier molecular flexibility index (Phi) is 3.36. The number of nitrogens with one attached hydrogen (secondary N) is 1. The molecule has 1 aromatic carbocycles. The molecule has 1 aliphatic rings. The van der Waals surface area contributed by atoms with Crippen molar-refractivity contribution in [2.45, 2.75) is 12.8 Å². The Bertz CT molecular complexity index is 514. The number of hydrogen-bond acceptors (Lipinski definition) is 4. The highest BCUT2D eigenvalue weighted by Gasteiger charge is 2.48. The summed E-state index contributed by atoms with van der Waals surface area (Å²) in [4.78, 5) is 22.3. The first-order valence-corrected chi connectivity index (χ1v) is 6.23. The number of anilines is 1. The predicted molar refractivity (Wildman–Crippen MR) is 70.1 cm³/mol. The van der Waals surface area contributed by atoms with Crippen molar-refractivity contribution in [1.82, 2.24) is 0 Å². The standard InChI is InChI=1S/C11H12BrN3O3/c12-7-1-2-8(9(5-7)15(17)18)14-10(16)11(6-13)3-4-11/h1-2,5H,3-4,6,13H2,(H,14,16). The first-order valence-electron chi connectivity index (χ1n) is 5.44. The van der Waals surface area contributed by atoms with E-state index in [1.165, 1.54) is 12.1 Å². The number of rotatable bonds is 4. The maximum Gasteiger partial charge on any atom is 0.293 e. The van der Waals surface area contributed by atoms with Crippen molar-refractivity contribution in [1.29, 1.82) is 0 Å². The number of amides is 1. The molecule has 1 amide bonds. The monoisotopic (exact) mass is 313 g/mol. The topological polar surface area (TPSA) is 98.3 Å². The summed E-state index contributed by atoms with van der Waals surface area (Å²) in [7, 11) is 0. The molecule has 0 aromatic heterocycles. The van der Waals surface area contributed by atoms with Crippen LogP contribution in [0.4, 0.5) is 11.4 Å².